The van der Waals surface area contributed by atoms with Crippen molar-refractivity contribution in [3.8, 4) is 0 Å². The summed E-state index contributed by atoms with van der Waals surface area (Å²) in [5.41, 5.74) is -0.0896. The van der Waals surface area contributed by atoms with Gasteiger partial charge in [0.2, 0.25) is 0 Å². The zero-order valence-corrected chi connectivity index (χ0v) is 13.4. The van der Waals surface area contributed by atoms with Gasteiger partial charge in [0.25, 0.3) is 0 Å². The van der Waals surface area contributed by atoms with Crippen molar-refractivity contribution in [3.63, 3.8) is 0 Å². The van der Waals surface area contributed by atoms with Gasteiger partial charge in [0.05, 0.1) is 6.04 Å². The van der Waals surface area contributed by atoms with Gasteiger partial charge < -0.3 is 10.6 Å². The molecule has 2 N–H and O–H groups in total. The molecule has 0 aliphatic rings. The number of hydrogen-bond acceptors (Lipinski definition) is 6. The van der Waals surface area contributed by atoms with E-state index in [0.717, 1.165) is 22.5 Å². The van der Waals surface area contributed by atoms with Gasteiger partial charge in [-0.15, -0.1) is 11.3 Å². The lowest BCUT2D eigenvalue weighted by atomic mass is 9.96. The summed E-state index contributed by atoms with van der Waals surface area (Å²) in [6.07, 6.45) is 1.82. The van der Waals surface area contributed by atoms with Crippen LogP contribution in [-0.2, 0) is 5.41 Å². The number of anilines is 2. The number of thiazole rings is 1. The van der Waals surface area contributed by atoms with Gasteiger partial charge in [0, 0.05) is 30.1 Å². The number of rotatable bonds is 4. The second kappa shape index (κ2) is 5.75. The topological polar surface area (TPSA) is 62.7 Å². The molecule has 20 heavy (non-hydrogen) atoms. The summed E-state index contributed by atoms with van der Waals surface area (Å²) in [6.45, 7) is 8.40. The maximum atomic E-state index is 4.62. The lowest BCUT2D eigenvalue weighted by Gasteiger charge is -2.20. The Hall–Kier alpha value is -1.69. The molecule has 0 fully saturated rings. The Morgan fingerprint density at radius 2 is 1.90 bits per heavy atom. The zero-order valence-electron chi connectivity index (χ0n) is 12.6. The molecule has 2 heterocycles. The zero-order chi connectivity index (χ0) is 14.8. The van der Waals surface area contributed by atoms with E-state index in [1.165, 1.54) is 0 Å². The maximum absolute atomic E-state index is 4.62. The minimum atomic E-state index is -0.0896. The van der Waals surface area contributed by atoms with Crippen molar-refractivity contribution < 1.29 is 0 Å². The van der Waals surface area contributed by atoms with E-state index in [0.29, 0.717) is 0 Å². The van der Waals surface area contributed by atoms with Crippen molar-refractivity contribution in [2.45, 2.75) is 39.2 Å². The molecule has 0 aliphatic heterocycles. The van der Waals surface area contributed by atoms with Crippen LogP contribution in [0.25, 0.3) is 0 Å². The average Bonchev–Trinajstić information content (AvgIpc) is 2.91. The summed E-state index contributed by atoms with van der Waals surface area (Å²) < 4.78 is 0. The van der Waals surface area contributed by atoms with Gasteiger partial charge in [-0.05, 0) is 6.92 Å². The molecule has 2 aromatic rings. The van der Waals surface area contributed by atoms with Crippen LogP contribution in [0.4, 0.5) is 11.6 Å². The van der Waals surface area contributed by atoms with Crippen LogP contribution in [-0.4, -0.2) is 22.0 Å². The molecule has 1 unspecified atom stereocenters. The Kier molecular flexibility index (Phi) is 4.23. The van der Waals surface area contributed by atoms with Crippen LogP contribution in [0.3, 0.4) is 0 Å². The molecule has 0 aromatic carbocycles. The van der Waals surface area contributed by atoms with Crippen molar-refractivity contribution in [3.05, 3.63) is 28.5 Å². The van der Waals surface area contributed by atoms with Crippen LogP contribution >= 0.6 is 11.3 Å². The Bertz CT molecular complexity index is 559. The summed E-state index contributed by atoms with van der Waals surface area (Å²) in [5.74, 6) is 2.45. The van der Waals surface area contributed by atoms with E-state index in [9.17, 15) is 0 Å². The van der Waals surface area contributed by atoms with Crippen molar-refractivity contribution >= 4 is 23.0 Å². The Balaban J connectivity index is 2.27. The Morgan fingerprint density at radius 1 is 1.20 bits per heavy atom. The SMILES string of the molecule is CNc1cc(NC(C)c2nccs2)nc(C(C)(C)C)n1. The predicted octanol–water partition coefficient (Wildman–Crippen LogP) is 3.45. The molecular weight excluding hydrogens is 270 g/mol. The highest BCUT2D eigenvalue weighted by Crippen LogP contribution is 2.25. The highest BCUT2D eigenvalue weighted by atomic mass is 32.1. The van der Waals surface area contributed by atoms with E-state index in [4.69, 9.17) is 0 Å². The van der Waals surface area contributed by atoms with E-state index >= 15 is 0 Å². The standard InChI is InChI=1S/C14H21N5S/c1-9(12-16-6-7-20-12)17-11-8-10(15-5)18-13(19-11)14(2,3)4/h6-9H,1-5H3,(H2,15,17,18,19). The van der Waals surface area contributed by atoms with E-state index in [1.54, 1.807) is 11.3 Å². The second-order valence-electron chi connectivity index (χ2n) is 5.70. The van der Waals surface area contributed by atoms with E-state index < -0.39 is 0 Å². The van der Waals surface area contributed by atoms with Crippen molar-refractivity contribution in [1.29, 1.82) is 0 Å². The van der Waals surface area contributed by atoms with Gasteiger partial charge in [-0.1, -0.05) is 20.8 Å². The van der Waals surface area contributed by atoms with Gasteiger partial charge in [0.1, 0.15) is 22.5 Å². The first kappa shape index (κ1) is 14.7. The smallest absolute Gasteiger partial charge is 0.138 e. The monoisotopic (exact) mass is 291 g/mol. The molecule has 0 saturated heterocycles. The molecule has 0 bridgehead atoms. The number of hydrogen-bond donors (Lipinski definition) is 2. The fraction of sp³-hybridized carbons (Fsp3) is 0.500. The molecule has 0 amide bonds. The fourth-order valence-electron chi connectivity index (χ4n) is 1.72. The van der Waals surface area contributed by atoms with Crippen LogP contribution in [0.2, 0.25) is 0 Å². The Morgan fingerprint density at radius 3 is 2.45 bits per heavy atom. The fourth-order valence-corrected chi connectivity index (χ4v) is 2.36. The van der Waals surface area contributed by atoms with Crippen molar-refractivity contribution in [1.82, 2.24) is 15.0 Å². The molecule has 2 aromatic heterocycles. The third-order valence-electron chi connectivity index (χ3n) is 2.84. The first-order chi connectivity index (χ1) is 9.40. The minimum absolute atomic E-state index is 0.0896. The lowest BCUT2D eigenvalue weighted by Crippen LogP contribution is -2.19. The van der Waals surface area contributed by atoms with Crippen LogP contribution < -0.4 is 10.6 Å². The molecule has 0 spiro atoms. The van der Waals surface area contributed by atoms with Crippen LogP contribution in [0, 0.1) is 0 Å². The highest BCUT2D eigenvalue weighted by molar-refractivity contribution is 7.09. The molecule has 0 radical (unpaired) electrons. The lowest BCUT2D eigenvalue weighted by molar-refractivity contribution is 0.546. The normalized spacial score (nSPS) is 13.1. The number of aromatic nitrogens is 3. The van der Waals surface area contributed by atoms with Crippen molar-refractivity contribution in [2.75, 3.05) is 17.7 Å². The quantitative estimate of drug-likeness (QED) is 0.903. The predicted molar refractivity (Wildman–Crippen MR) is 84.4 cm³/mol. The Labute approximate surface area is 123 Å². The summed E-state index contributed by atoms with van der Waals surface area (Å²) in [6, 6.07) is 2.04. The minimum Gasteiger partial charge on any atom is -0.373 e. The van der Waals surface area contributed by atoms with Crippen LogP contribution in [0.15, 0.2) is 17.6 Å². The third kappa shape index (κ3) is 3.45. The molecule has 0 saturated carbocycles. The summed E-state index contributed by atoms with van der Waals surface area (Å²) >= 11 is 1.64. The largest absolute Gasteiger partial charge is 0.373 e. The van der Waals surface area contributed by atoms with E-state index in [2.05, 4.69) is 53.3 Å². The second-order valence-corrected chi connectivity index (χ2v) is 6.62. The van der Waals surface area contributed by atoms with Gasteiger partial charge in [-0.2, -0.15) is 0 Å². The third-order valence-corrected chi connectivity index (χ3v) is 3.80. The van der Waals surface area contributed by atoms with Gasteiger partial charge in [-0.3, -0.25) is 0 Å². The molecule has 6 heteroatoms. The van der Waals surface area contributed by atoms with Gasteiger partial charge in [0.15, 0.2) is 0 Å². The van der Waals surface area contributed by atoms with Gasteiger partial charge in [-0.25, -0.2) is 15.0 Å². The van der Waals surface area contributed by atoms with Gasteiger partial charge >= 0.3 is 0 Å². The average molecular weight is 291 g/mol. The van der Waals surface area contributed by atoms with E-state index in [-0.39, 0.29) is 11.5 Å². The first-order valence-corrected chi connectivity index (χ1v) is 7.51. The molecule has 2 rings (SSSR count). The van der Waals surface area contributed by atoms with Crippen molar-refractivity contribution in [2.24, 2.45) is 0 Å². The molecule has 1 atom stereocenters. The van der Waals surface area contributed by atoms with E-state index in [1.807, 2.05) is 24.7 Å². The summed E-state index contributed by atoms with van der Waals surface area (Å²) in [7, 11) is 1.86. The highest BCUT2D eigenvalue weighted by Gasteiger charge is 2.19. The van der Waals surface area contributed by atoms with Crippen LogP contribution in [0.5, 0.6) is 0 Å². The number of nitrogens with one attached hydrogen (secondary N) is 2. The summed E-state index contributed by atoms with van der Waals surface area (Å²) in [4.78, 5) is 13.5. The molecule has 108 valence electrons. The summed E-state index contributed by atoms with van der Waals surface area (Å²) in [5, 5.41) is 9.50. The molecular formula is C14H21N5S. The first-order valence-electron chi connectivity index (χ1n) is 6.63. The molecule has 5 nitrogen and oxygen atoms in total. The maximum Gasteiger partial charge on any atom is 0.138 e. The molecule has 0 aliphatic carbocycles. The number of nitrogens with zero attached hydrogens (tertiary/aromatic N) is 3. The van der Waals surface area contributed by atoms with Crippen LogP contribution in [0.1, 0.15) is 44.6 Å².